The Morgan fingerprint density at radius 2 is 0.812 bits per heavy atom. The van der Waals surface area contributed by atoms with E-state index in [0.29, 0.717) is 0 Å². The van der Waals surface area contributed by atoms with Crippen molar-refractivity contribution in [1.29, 1.82) is 0 Å². The van der Waals surface area contributed by atoms with Gasteiger partial charge in [0.25, 0.3) is 0 Å². The van der Waals surface area contributed by atoms with Crippen molar-refractivity contribution in [2.75, 3.05) is 0 Å². The van der Waals surface area contributed by atoms with Crippen LogP contribution in [0, 0.1) is 48.5 Å². The Hall–Kier alpha value is -1.97. The predicted molar refractivity (Wildman–Crippen MR) is 125 cm³/mol. The van der Waals surface area contributed by atoms with Crippen LogP contribution < -0.4 is 24.8 Å². The fourth-order valence-electron chi connectivity index (χ4n) is 3.87. The Kier molecular flexibility index (Phi) is 12.1. The molecule has 0 aliphatic heterocycles. The topological polar surface area (TPSA) is 37.6 Å². The summed E-state index contributed by atoms with van der Waals surface area (Å²) in [5.41, 5.74) is 12.1. The van der Waals surface area contributed by atoms with Gasteiger partial charge in [-0.3, -0.25) is 9.98 Å². The van der Waals surface area contributed by atoms with Gasteiger partial charge in [-0.25, -0.2) is 4.98 Å². The molecule has 0 spiro atoms. The number of aryl methyl sites for hydroxylation is 7. The molecule has 0 aliphatic rings. The molecule has 3 aromatic rings. The Bertz CT molecular complexity index is 1010. The first-order valence-electron chi connectivity index (χ1n) is 9.95. The summed E-state index contributed by atoms with van der Waals surface area (Å²) in [5, 5.41) is 0. The molecule has 0 bridgehead atoms. The van der Waals surface area contributed by atoms with Crippen LogP contribution in [0.4, 0.5) is 11.4 Å². The Morgan fingerprint density at radius 3 is 1.12 bits per heavy atom. The molecule has 0 saturated heterocycles. The molecule has 3 rings (SSSR count). The van der Waals surface area contributed by atoms with E-state index in [-0.39, 0.29) is 41.9 Å². The average Bonchev–Trinajstić information content (AvgIpc) is 2.59. The van der Waals surface area contributed by atoms with Gasteiger partial charge in [-0.2, -0.15) is 0 Å². The summed E-state index contributed by atoms with van der Waals surface area (Å²) in [6.45, 7) is 14.7. The molecule has 1 aromatic heterocycles. The molecular formula is C26H29Cl2FeN3. The summed E-state index contributed by atoms with van der Waals surface area (Å²) < 4.78 is 0. The molecule has 0 unspecified atom stereocenters. The number of aliphatic imine (C=N–C) groups is 2. The molecule has 0 N–H and O–H groups in total. The SMILES string of the molecule is Cc1cc(C=Nc2c(C)cc(C)cc2C)nc(C=Nc2c(C)cc(C)cc2C)c1.[Cl-].[Cl-].[Fe+2]. The summed E-state index contributed by atoms with van der Waals surface area (Å²) >= 11 is 0. The Morgan fingerprint density at radius 1 is 0.531 bits per heavy atom. The quantitative estimate of drug-likeness (QED) is 0.377. The molecule has 0 saturated carbocycles. The number of halogens is 2. The average molecular weight is 510 g/mol. The van der Waals surface area contributed by atoms with Crippen LogP contribution in [0.3, 0.4) is 0 Å². The van der Waals surface area contributed by atoms with Crippen LogP contribution in [0.5, 0.6) is 0 Å². The molecule has 2 aromatic carbocycles. The van der Waals surface area contributed by atoms with Crippen molar-refractivity contribution in [1.82, 2.24) is 4.98 Å². The maximum absolute atomic E-state index is 4.72. The largest absolute Gasteiger partial charge is 2.00 e. The molecular weight excluding hydrogens is 481 g/mol. The van der Waals surface area contributed by atoms with Crippen LogP contribution in [0.15, 0.2) is 46.4 Å². The third-order valence-electron chi connectivity index (χ3n) is 4.93. The zero-order valence-electron chi connectivity index (χ0n) is 19.6. The molecule has 32 heavy (non-hydrogen) atoms. The minimum absolute atomic E-state index is 0. The maximum atomic E-state index is 4.72. The fourth-order valence-corrected chi connectivity index (χ4v) is 3.87. The summed E-state index contributed by atoms with van der Waals surface area (Å²) in [7, 11) is 0. The van der Waals surface area contributed by atoms with Gasteiger partial charge in [0.15, 0.2) is 0 Å². The smallest absolute Gasteiger partial charge is 1.00 e. The molecule has 170 valence electrons. The third-order valence-corrected chi connectivity index (χ3v) is 4.93. The van der Waals surface area contributed by atoms with E-state index < -0.39 is 0 Å². The molecule has 6 heteroatoms. The van der Waals surface area contributed by atoms with Crippen molar-refractivity contribution in [3.05, 3.63) is 86.7 Å². The summed E-state index contributed by atoms with van der Waals surface area (Å²) in [5.74, 6) is 0. The first kappa shape index (κ1) is 30.0. The van der Waals surface area contributed by atoms with Crippen molar-refractivity contribution < 1.29 is 41.9 Å². The standard InChI is InChI=1S/C26H29N3.2ClH.Fe/c1-16-8-19(4)25(20(5)9-16)27-14-23-12-18(3)13-24(29-23)15-28-26-21(6)10-17(2)11-22(26)7;;;/h8-15H,1-7H3;2*1H;/q;;;+2/p-2. The number of aromatic nitrogens is 1. The van der Waals surface area contributed by atoms with Gasteiger partial charge in [0.05, 0.1) is 35.2 Å². The monoisotopic (exact) mass is 509 g/mol. The predicted octanol–water partition coefficient (Wildman–Crippen LogP) is 0.747. The van der Waals surface area contributed by atoms with Crippen LogP contribution in [-0.4, -0.2) is 17.4 Å². The zero-order chi connectivity index (χ0) is 21.1. The van der Waals surface area contributed by atoms with E-state index in [1.807, 2.05) is 24.6 Å². The number of pyridine rings is 1. The number of rotatable bonds is 4. The normalized spacial score (nSPS) is 10.6. The first-order valence-corrected chi connectivity index (χ1v) is 9.95. The van der Waals surface area contributed by atoms with Gasteiger partial charge in [-0.1, -0.05) is 35.4 Å². The maximum Gasteiger partial charge on any atom is 2.00 e. The van der Waals surface area contributed by atoms with Gasteiger partial charge in [0, 0.05) is 0 Å². The van der Waals surface area contributed by atoms with Gasteiger partial charge in [-0.15, -0.1) is 0 Å². The van der Waals surface area contributed by atoms with E-state index in [2.05, 4.69) is 72.7 Å². The second kappa shape index (κ2) is 12.9. The van der Waals surface area contributed by atoms with Crippen molar-refractivity contribution in [3.8, 4) is 0 Å². The van der Waals surface area contributed by atoms with Gasteiger partial charge in [-0.05, 0) is 88.4 Å². The van der Waals surface area contributed by atoms with Crippen molar-refractivity contribution in [3.63, 3.8) is 0 Å². The zero-order valence-corrected chi connectivity index (χ0v) is 22.2. The third kappa shape index (κ3) is 7.56. The van der Waals surface area contributed by atoms with Gasteiger partial charge in [0.2, 0.25) is 0 Å². The molecule has 0 amide bonds. The molecule has 1 heterocycles. The van der Waals surface area contributed by atoms with E-state index in [1.54, 1.807) is 0 Å². The molecule has 0 radical (unpaired) electrons. The summed E-state index contributed by atoms with van der Waals surface area (Å²) in [6, 6.07) is 12.7. The van der Waals surface area contributed by atoms with Crippen LogP contribution >= 0.6 is 0 Å². The fraction of sp³-hybridized carbons (Fsp3) is 0.269. The van der Waals surface area contributed by atoms with Crippen molar-refractivity contribution in [2.45, 2.75) is 48.5 Å². The van der Waals surface area contributed by atoms with E-state index in [0.717, 1.165) is 28.3 Å². The van der Waals surface area contributed by atoms with Crippen molar-refractivity contribution in [2.24, 2.45) is 9.98 Å². The van der Waals surface area contributed by atoms with Crippen LogP contribution in [-0.2, 0) is 17.1 Å². The van der Waals surface area contributed by atoms with E-state index in [4.69, 9.17) is 15.0 Å². The molecule has 0 atom stereocenters. The molecule has 0 aliphatic carbocycles. The van der Waals surface area contributed by atoms with Crippen LogP contribution in [0.2, 0.25) is 0 Å². The molecule has 3 nitrogen and oxygen atoms in total. The Labute approximate surface area is 215 Å². The summed E-state index contributed by atoms with van der Waals surface area (Å²) in [4.78, 5) is 14.2. The number of hydrogen-bond acceptors (Lipinski definition) is 3. The number of benzene rings is 2. The van der Waals surface area contributed by atoms with Crippen LogP contribution in [0.25, 0.3) is 0 Å². The van der Waals surface area contributed by atoms with Crippen molar-refractivity contribution >= 4 is 23.8 Å². The van der Waals surface area contributed by atoms with Gasteiger partial charge < -0.3 is 24.8 Å². The summed E-state index contributed by atoms with van der Waals surface area (Å²) in [6.07, 6.45) is 3.69. The number of nitrogens with zero attached hydrogens (tertiary/aromatic N) is 3. The van der Waals surface area contributed by atoms with Crippen LogP contribution in [0.1, 0.15) is 50.3 Å². The second-order valence-corrected chi connectivity index (χ2v) is 8.01. The molecule has 0 fully saturated rings. The minimum atomic E-state index is 0. The van der Waals surface area contributed by atoms with E-state index in [9.17, 15) is 0 Å². The number of hydrogen-bond donors (Lipinski definition) is 0. The van der Waals surface area contributed by atoms with Gasteiger partial charge in [0.1, 0.15) is 0 Å². The minimum Gasteiger partial charge on any atom is -1.00 e. The second-order valence-electron chi connectivity index (χ2n) is 8.01. The first-order chi connectivity index (χ1) is 13.7. The van der Waals surface area contributed by atoms with E-state index in [1.165, 1.54) is 33.4 Å². The van der Waals surface area contributed by atoms with Gasteiger partial charge >= 0.3 is 17.1 Å². The van der Waals surface area contributed by atoms with E-state index >= 15 is 0 Å². The Balaban J connectivity index is 0.00000320.